The van der Waals surface area contributed by atoms with Crippen molar-refractivity contribution in [2.45, 2.75) is 268 Å². The van der Waals surface area contributed by atoms with Gasteiger partial charge in [0.05, 0.1) is 58.5 Å². The van der Waals surface area contributed by atoms with Crippen LogP contribution in [-0.4, -0.2) is 211 Å². The molecule has 31 nitrogen and oxygen atoms in total. The maximum atomic E-state index is 15.1. The van der Waals surface area contributed by atoms with Gasteiger partial charge in [-0.1, -0.05) is 79.7 Å². The van der Waals surface area contributed by atoms with Gasteiger partial charge in [-0.2, -0.15) is 0 Å². The van der Waals surface area contributed by atoms with Crippen LogP contribution in [0.1, 0.15) is 146 Å². The van der Waals surface area contributed by atoms with Gasteiger partial charge >= 0.3 is 29.1 Å². The predicted molar refractivity (Wildman–Crippen MR) is 415 cm³/mol. The number of H-pyrrole nitrogens is 1. The van der Waals surface area contributed by atoms with E-state index in [4.69, 9.17) is 44.6 Å². The maximum absolute atomic E-state index is 15.1. The number of alkyl halides is 8. The Hall–Kier alpha value is -8.90. The molecule has 0 radical (unpaired) electrons. The molecule has 11 N–H and O–H groups in total. The number of nitrogens with two attached hydrogens (primary N) is 2. The van der Waals surface area contributed by atoms with E-state index in [2.05, 4.69) is 10.6 Å². The number of hydrogen-bond acceptors (Lipinski definition) is 21. The number of aromatic amines is 1. The van der Waals surface area contributed by atoms with E-state index in [1.807, 2.05) is 18.8 Å². The molecule has 0 spiro atoms. The first-order valence-corrected chi connectivity index (χ1v) is 38.9. The Morgan fingerprint density at radius 3 is 1.08 bits per heavy atom. The van der Waals surface area contributed by atoms with Gasteiger partial charge in [0.15, 0.2) is 67.6 Å². The third-order valence-electron chi connectivity index (χ3n) is 24.1. The predicted octanol–water partition coefficient (Wildman–Crippen LogP) is 6.35. The van der Waals surface area contributed by atoms with Crippen LogP contribution in [-0.2, 0) is 36.8 Å². The average Bonchev–Trinajstić information content (AvgIpc) is 1.61. The molecule has 2 unspecified atom stereocenters. The highest BCUT2D eigenvalue weighted by molar-refractivity contribution is 5.78. The number of aromatic nitrogens is 6. The highest BCUT2D eigenvalue weighted by Crippen LogP contribution is 2.51. The van der Waals surface area contributed by atoms with Crippen molar-refractivity contribution in [3.8, 4) is 11.5 Å². The second-order valence-corrected chi connectivity index (χ2v) is 30.4. The molecule has 27 atom stereocenters. The molecular formula is C79H110F8N12O19. The van der Waals surface area contributed by atoms with E-state index in [9.17, 15) is 85.1 Å². The molecular weight excluding hydrogens is 1570 g/mol. The molecule has 0 saturated carbocycles. The van der Waals surface area contributed by atoms with Crippen molar-refractivity contribution in [3.63, 3.8) is 0 Å². The van der Waals surface area contributed by atoms with Crippen LogP contribution in [0.3, 0.4) is 0 Å². The summed E-state index contributed by atoms with van der Waals surface area (Å²) in [6, 6.07) is 16.2. The van der Waals surface area contributed by atoms with Crippen LogP contribution in [0, 0.1) is 23.7 Å². The highest BCUT2D eigenvalue weighted by Gasteiger charge is 2.63. The van der Waals surface area contributed by atoms with Gasteiger partial charge in [-0.3, -0.25) is 52.0 Å². The van der Waals surface area contributed by atoms with Crippen LogP contribution < -0.4 is 65.3 Å². The van der Waals surface area contributed by atoms with Gasteiger partial charge in [-0.05, 0) is 108 Å². The molecule has 5 fully saturated rings. The van der Waals surface area contributed by atoms with Crippen molar-refractivity contribution in [1.29, 1.82) is 0 Å². The van der Waals surface area contributed by atoms with E-state index in [1.165, 1.54) is 69.1 Å². The summed E-state index contributed by atoms with van der Waals surface area (Å²) in [6.45, 7) is 19.6. The Morgan fingerprint density at radius 2 is 0.780 bits per heavy atom. The Bertz CT molecular complexity index is 4440. The van der Waals surface area contributed by atoms with Crippen LogP contribution in [0.4, 0.5) is 44.7 Å². The monoisotopic (exact) mass is 1680 g/mol. The van der Waals surface area contributed by atoms with E-state index in [0.717, 1.165) is 56.8 Å². The first-order chi connectivity index (χ1) is 55.5. The lowest BCUT2D eigenvalue weighted by Gasteiger charge is -2.35. The molecule has 5 saturated heterocycles. The van der Waals surface area contributed by atoms with Crippen molar-refractivity contribution in [2.24, 2.45) is 35.1 Å². The molecule has 39 heteroatoms. The van der Waals surface area contributed by atoms with Gasteiger partial charge in [0, 0.05) is 72.9 Å². The molecule has 656 valence electrons. The first-order valence-electron chi connectivity index (χ1n) is 38.9. The minimum atomic E-state index is -2.10. The van der Waals surface area contributed by atoms with Crippen molar-refractivity contribution in [1.82, 2.24) is 48.3 Å². The summed E-state index contributed by atoms with van der Waals surface area (Å²) in [6.07, 6.45) is -13.4. The van der Waals surface area contributed by atoms with Gasteiger partial charge < -0.3 is 75.7 Å². The standard InChI is InChI=1S/2C21H27FN2O5.C13H21F2N3O2.C13H18F2N2O3.C11H17F2N3O4/c2*1-5-21(14(3)25)13(2)18(22)19(29-21)23-11-10-17(26)24(20(23)27)12-15-6-8-16(28-4)9-7-15;1-4-13(8(3)14)7(2)10(15)11(20-13)18-6-5-9(16)17-12(18)19;1-4-13(8(3)14)7(2)10(15)11(20-13)17-6-5-9(18)16-12(17)19;1-5(12)11(4-17)8(18)7(13)9(20-11)16-3-2-6(14)15-10(16)19/h2*6-11,13-14,18-19,25H,5,12H2,1-4H3;5-11H,4,16H2,1-3H3,(H,17,19);5-8,10-11H,4H2,1-3H3,(H,16,18,19);2-3,5-9,17-18H,4,14H2,1H3,(H,15,19)/t13-,14+,18+,19+,21+;13-,14-,18+,19+,21+;7-,8-,9?,10+,11+,13+;7-,8-,10+,11+,13+;5-,6?,7+,8-,9+,11-/m00000/s1. The van der Waals surface area contributed by atoms with Gasteiger partial charge in [0.1, 0.15) is 58.5 Å². The van der Waals surface area contributed by atoms with Crippen molar-refractivity contribution in [2.75, 3.05) is 20.8 Å². The number of halogens is 8. The molecule has 10 heterocycles. The maximum Gasteiger partial charge on any atom is 0.333 e. The Labute approximate surface area is 675 Å². The largest absolute Gasteiger partial charge is 0.497 e. The summed E-state index contributed by atoms with van der Waals surface area (Å²) in [7, 11) is 3.10. The fourth-order valence-corrected chi connectivity index (χ4v) is 16.4. The topological polar surface area (TPSA) is 405 Å². The number of aliphatic hydroxyl groups is 4. The number of rotatable bonds is 21. The molecule has 7 aliphatic heterocycles. The summed E-state index contributed by atoms with van der Waals surface area (Å²) < 4.78 is 159. The number of hydrogen-bond donors (Lipinski definition) is 9. The summed E-state index contributed by atoms with van der Waals surface area (Å²) in [5.41, 5.74) is 2.03. The van der Waals surface area contributed by atoms with Gasteiger partial charge in [0.2, 0.25) is 0 Å². The zero-order valence-corrected chi connectivity index (χ0v) is 68.3. The zero-order valence-electron chi connectivity index (χ0n) is 68.3. The summed E-state index contributed by atoms with van der Waals surface area (Å²) >= 11 is 0. The number of methoxy groups -OCH3 is 2. The smallest absolute Gasteiger partial charge is 0.333 e. The Morgan fingerprint density at radius 1 is 0.466 bits per heavy atom. The van der Waals surface area contributed by atoms with Crippen LogP contribution in [0.25, 0.3) is 0 Å². The molecule has 5 aromatic rings. The highest BCUT2D eigenvalue weighted by atomic mass is 19.2. The summed E-state index contributed by atoms with van der Waals surface area (Å²) in [4.78, 5) is 101. The van der Waals surface area contributed by atoms with Gasteiger partial charge in [-0.15, -0.1) is 0 Å². The lowest BCUT2D eigenvalue weighted by molar-refractivity contribution is -0.162. The fraction of sp³-hybridized carbons (Fsp3) is 0.620. The molecule has 0 bridgehead atoms. The minimum absolute atomic E-state index is 0.0387. The van der Waals surface area contributed by atoms with Crippen LogP contribution in [0.2, 0.25) is 0 Å². The van der Waals surface area contributed by atoms with Crippen molar-refractivity contribution >= 4 is 12.1 Å². The number of benzene rings is 2. The van der Waals surface area contributed by atoms with Crippen LogP contribution in [0.15, 0.2) is 139 Å². The first kappa shape index (κ1) is 94.6. The Kier molecular flexibility index (Phi) is 31.0. The molecule has 4 amide bonds. The Balaban J connectivity index is 0.000000186. The van der Waals surface area contributed by atoms with Gasteiger partial charge in [-0.25, -0.2) is 59.1 Å². The second kappa shape index (κ2) is 38.7. The fourth-order valence-electron chi connectivity index (χ4n) is 16.4. The van der Waals surface area contributed by atoms with E-state index in [0.29, 0.717) is 37.2 Å². The number of nitrogens with zero attached hydrogens (tertiary/aromatic N) is 7. The van der Waals surface area contributed by atoms with E-state index in [1.54, 1.807) is 118 Å². The lowest BCUT2D eigenvalue weighted by Crippen LogP contribution is -2.54. The molecule has 7 aliphatic rings. The third-order valence-corrected chi connectivity index (χ3v) is 24.1. The number of amides is 4. The lowest BCUT2D eigenvalue weighted by atomic mass is 9.81. The SMILES string of the molecule is CC[C@@]1([C@@H](C)O)O[C@@H](n2ccc(=O)n(Cc3ccc(OC)cc3)c2=O)[C@H](F)[C@@H]1C.CC[C@@]1([C@H](C)F)O[C@@H](N2C=CC(N)NC2=O)[C@H](F)[C@@H]1C.CC[C@@]1([C@H](C)F)O[C@@H](n2ccc(=O)[nH]c2=O)[C@H](F)[C@@H]1C.CC[C@@]1([C@H](C)O)O[C@@H](n2ccc(=O)n(Cc3ccc(OC)cc3)c2=O)[C@H](F)[C@@H]1C.C[C@H](F)[C@]1(CO)O[C@@H](N2C=CC(N)NC2=O)[C@H](F)[C@@H]1O. The average molecular weight is 1680 g/mol. The van der Waals surface area contributed by atoms with Crippen molar-refractivity contribution < 1.29 is 98.3 Å². The second-order valence-electron chi connectivity index (χ2n) is 30.4. The van der Waals surface area contributed by atoms with E-state index >= 15 is 8.78 Å². The molecule has 118 heavy (non-hydrogen) atoms. The quantitative estimate of drug-likeness (QED) is 0.0361. The molecule has 3 aromatic heterocycles. The van der Waals surface area contributed by atoms with Crippen LogP contribution >= 0.6 is 0 Å². The third kappa shape index (κ3) is 18.4. The molecule has 2 aromatic carbocycles. The van der Waals surface area contributed by atoms with E-state index < -0.39 is 215 Å². The molecule has 0 aliphatic carbocycles. The number of carbonyl (C=O) groups is 2. The number of aliphatic hydroxyl groups excluding tert-OH is 4. The normalized spacial score (nSPS) is 34.1. The number of carbonyl (C=O) groups excluding carboxylic acids is 2. The number of urea groups is 2. The molecule has 12 rings (SSSR count). The van der Waals surface area contributed by atoms with Crippen LogP contribution in [0.5, 0.6) is 11.5 Å². The van der Waals surface area contributed by atoms with Gasteiger partial charge in [0.25, 0.3) is 16.7 Å². The van der Waals surface area contributed by atoms with E-state index in [-0.39, 0.29) is 13.1 Å². The summed E-state index contributed by atoms with van der Waals surface area (Å²) in [5.74, 6) is -1.26. The van der Waals surface area contributed by atoms with Crippen molar-refractivity contribution in [3.05, 3.63) is 184 Å². The zero-order chi connectivity index (χ0) is 87.9. The number of nitrogens with one attached hydrogen (secondary N) is 3. The number of ether oxygens (including phenoxy) is 7. The summed E-state index contributed by atoms with van der Waals surface area (Å²) in [5, 5.41) is 44.3. The minimum Gasteiger partial charge on any atom is -0.497 e.